The van der Waals surface area contributed by atoms with Crippen LogP contribution in [0.3, 0.4) is 0 Å². The van der Waals surface area contributed by atoms with Crippen LogP contribution in [0, 0.1) is 5.82 Å². The van der Waals surface area contributed by atoms with Crippen molar-refractivity contribution >= 4 is 41.7 Å². The Hall–Kier alpha value is -0.580. The zero-order chi connectivity index (χ0) is 18.2. The first-order valence-electron chi connectivity index (χ1n) is 9.61. The second kappa shape index (κ2) is 12.1. The van der Waals surface area contributed by atoms with Crippen molar-refractivity contribution in [2.75, 3.05) is 58.1 Å². The lowest BCUT2D eigenvalue weighted by Crippen LogP contribution is -2.62. The third kappa shape index (κ3) is 7.40. The van der Waals surface area contributed by atoms with Crippen molar-refractivity contribution in [2.45, 2.75) is 24.3 Å². The number of piperazine rings is 3. The smallest absolute Gasteiger partial charge is 0.191 e. The molecule has 3 saturated heterocycles. The monoisotopic (exact) mass is 507 g/mol. The molecule has 0 saturated carbocycles. The van der Waals surface area contributed by atoms with Gasteiger partial charge in [-0.3, -0.25) is 14.8 Å². The van der Waals surface area contributed by atoms with Gasteiger partial charge in [-0.2, -0.15) is 0 Å². The van der Waals surface area contributed by atoms with Crippen molar-refractivity contribution < 1.29 is 4.39 Å². The largest absolute Gasteiger partial charge is 0.357 e. The van der Waals surface area contributed by atoms with Crippen molar-refractivity contribution in [2.24, 2.45) is 4.99 Å². The Morgan fingerprint density at radius 2 is 1.93 bits per heavy atom. The first-order valence-corrected chi connectivity index (χ1v) is 10.6. The van der Waals surface area contributed by atoms with Crippen molar-refractivity contribution in [3.63, 3.8) is 0 Å². The molecular formula is C19H31FIN5S. The van der Waals surface area contributed by atoms with Crippen LogP contribution in [0.25, 0.3) is 0 Å². The van der Waals surface area contributed by atoms with Gasteiger partial charge in [0.05, 0.1) is 6.54 Å². The van der Waals surface area contributed by atoms with Gasteiger partial charge in [0.2, 0.25) is 0 Å². The predicted molar refractivity (Wildman–Crippen MR) is 123 cm³/mol. The summed E-state index contributed by atoms with van der Waals surface area (Å²) in [7, 11) is 0. The zero-order valence-corrected chi connectivity index (χ0v) is 19.1. The van der Waals surface area contributed by atoms with E-state index in [0.29, 0.717) is 6.04 Å². The Labute approximate surface area is 183 Å². The normalized spacial score (nSPS) is 24.4. The van der Waals surface area contributed by atoms with Gasteiger partial charge in [-0.15, -0.1) is 35.7 Å². The van der Waals surface area contributed by atoms with E-state index < -0.39 is 0 Å². The van der Waals surface area contributed by atoms with E-state index in [1.54, 1.807) is 11.8 Å². The second-order valence-electron chi connectivity index (χ2n) is 6.79. The Kier molecular flexibility index (Phi) is 10.2. The van der Waals surface area contributed by atoms with E-state index in [1.807, 2.05) is 12.1 Å². The molecule has 3 aliphatic rings. The zero-order valence-electron chi connectivity index (χ0n) is 16.0. The molecule has 3 heterocycles. The molecule has 0 radical (unpaired) electrons. The van der Waals surface area contributed by atoms with Crippen LogP contribution in [0.15, 0.2) is 34.2 Å². The summed E-state index contributed by atoms with van der Waals surface area (Å²) in [5.74, 6) is 1.74. The highest BCUT2D eigenvalue weighted by atomic mass is 127. The van der Waals surface area contributed by atoms with E-state index in [9.17, 15) is 4.39 Å². The van der Waals surface area contributed by atoms with Gasteiger partial charge in [0, 0.05) is 56.8 Å². The molecule has 152 valence electrons. The van der Waals surface area contributed by atoms with Crippen LogP contribution in [0.2, 0.25) is 0 Å². The van der Waals surface area contributed by atoms with E-state index >= 15 is 0 Å². The summed E-state index contributed by atoms with van der Waals surface area (Å²) >= 11 is 1.76. The summed E-state index contributed by atoms with van der Waals surface area (Å²) in [6, 6.07) is 7.26. The van der Waals surface area contributed by atoms with Crippen LogP contribution in [-0.4, -0.2) is 79.9 Å². The van der Waals surface area contributed by atoms with Crippen molar-refractivity contribution in [1.82, 2.24) is 20.4 Å². The van der Waals surface area contributed by atoms with Crippen molar-refractivity contribution in [3.8, 4) is 0 Å². The molecule has 0 aliphatic carbocycles. The third-order valence-corrected chi connectivity index (χ3v) is 5.99. The Morgan fingerprint density at radius 1 is 1.19 bits per heavy atom. The lowest BCUT2D eigenvalue weighted by molar-refractivity contribution is 0.0174. The van der Waals surface area contributed by atoms with Crippen LogP contribution in [-0.2, 0) is 0 Å². The van der Waals surface area contributed by atoms with Gasteiger partial charge in [0.25, 0.3) is 0 Å². The molecular weight excluding hydrogens is 476 g/mol. The molecule has 3 aliphatic heterocycles. The van der Waals surface area contributed by atoms with Gasteiger partial charge in [0.1, 0.15) is 5.82 Å². The summed E-state index contributed by atoms with van der Waals surface area (Å²) in [6.07, 6.45) is 1.04. The fourth-order valence-electron chi connectivity index (χ4n) is 3.44. The highest BCUT2D eigenvalue weighted by Gasteiger charge is 2.31. The number of rotatable bonds is 8. The van der Waals surface area contributed by atoms with E-state index in [4.69, 9.17) is 4.99 Å². The maximum Gasteiger partial charge on any atom is 0.191 e. The summed E-state index contributed by atoms with van der Waals surface area (Å²) in [6.45, 7) is 10.7. The fraction of sp³-hybridized carbons (Fsp3) is 0.632. The van der Waals surface area contributed by atoms with Crippen LogP contribution < -0.4 is 10.6 Å². The number of hydrogen-bond donors (Lipinski definition) is 2. The minimum atomic E-state index is -0.179. The van der Waals surface area contributed by atoms with E-state index in [0.717, 1.165) is 49.2 Å². The molecule has 2 N–H and O–H groups in total. The molecule has 1 aromatic carbocycles. The van der Waals surface area contributed by atoms with Crippen molar-refractivity contribution in [3.05, 3.63) is 30.1 Å². The molecule has 2 bridgehead atoms. The van der Waals surface area contributed by atoms with E-state index in [2.05, 4.69) is 27.4 Å². The molecule has 5 nitrogen and oxygen atoms in total. The summed E-state index contributed by atoms with van der Waals surface area (Å²) in [4.78, 5) is 11.0. The second-order valence-corrected chi connectivity index (χ2v) is 7.96. The standard InChI is InChI=1S/C19H30FN5S.HI/c1-2-21-19(23-14-17-15-24-9-11-25(17)12-10-24)22-8-3-13-26-18-6-4-16(20)5-7-18;/h4-7,17H,2-3,8-15H2,1H3,(H2,21,22,23);1H. The van der Waals surface area contributed by atoms with Gasteiger partial charge in [0.15, 0.2) is 5.96 Å². The predicted octanol–water partition coefficient (Wildman–Crippen LogP) is 2.48. The quantitative estimate of drug-likeness (QED) is 0.186. The molecule has 0 amide bonds. The molecule has 0 spiro atoms. The average molecular weight is 507 g/mol. The molecule has 27 heavy (non-hydrogen) atoms. The topological polar surface area (TPSA) is 42.9 Å². The minimum absolute atomic E-state index is 0. The lowest BCUT2D eigenvalue weighted by Gasteiger charge is -2.47. The van der Waals surface area contributed by atoms with Crippen LogP contribution in [0.1, 0.15) is 13.3 Å². The maximum atomic E-state index is 12.9. The molecule has 8 heteroatoms. The first-order chi connectivity index (χ1) is 12.7. The molecule has 0 aromatic heterocycles. The highest BCUT2D eigenvalue weighted by molar-refractivity contribution is 14.0. The van der Waals surface area contributed by atoms with Gasteiger partial charge in [-0.1, -0.05) is 0 Å². The molecule has 1 unspecified atom stereocenters. The number of halogens is 2. The van der Waals surface area contributed by atoms with E-state index in [1.165, 1.54) is 38.3 Å². The molecule has 3 fully saturated rings. The summed E-state index contributed by atoms with van der Waals surface area (Å²) in [5, 5.41) is 6.77. The number of guanidine groups is 1. The number of thioether (sulfide) groups is 1. The number of nitrogens with one attached hydrogen (secondary N) is 2. The van der Waals surface area contributed by atoms with Crippen LogP contribution >= 0.6 is 35.7 Å². The van der Waals surface area contributed by atoms with Crippen molar-refractivity contribution in [1.29, 1.82) is 0 Å². The van der Waals surface area contributed by atoms with Crippen LogP contribution in [0.4, 0.5) is 4.39 Å². The SMILES string of the molecule is CCNC(=NCC1CN2CCN1CC2)NCCCSc1ccc(F)cc1.I. The average Bonchev–Trinajstić information content (AvgIpc) is 2.68. The van der Waals surface area contributed by atoms with Gasteiger partial charge in [-0.25, -0.2) is 4.39 Å². The van der Waals surface area contributed by atoms with Crippen LogP contribution in [0.5, 0.6) is 0 Å². The number of hydrogen-bond acceptors (Lipinski definition) is 4. The molecule has 4 rings (SSSR count). The summed E-state index contributed by atoms with van der Waals surface area (Å²) in [5.41, 5.74) is 0. The molecule has 1 atom stereocenters. The number of benzene rings is 1. The fourth-order valence-corrected chi connectivity index (χ4v) is 4.29. The highest BCUT2D eigenvalue weighted by Crippen LogP contribution is 2.18. The first kappa shape index (κ1) is 22.7. The Balaban J connectivity index is 0.00000261. The van der Waals surface area contributed by atoms with E-state index in [-0.39, 0.29) is 29.8 Å². The number of nitrogens with zero attached hydrogens (tertiary/aromatic N) is 3. The third-order valence-electron chi connectivity index (χ3n) is 4.89. The van der Waals surface area contributed by atoms with Gasteiger partial charge < -0.3 is 10.6 Å². The lowest BCUT2D eigenvalue weighted by atomic mass is 10.1. The number of fused-ring (bicyclic) bond motifs is 3. The minimum Gasteiger partial charge on any atom is -0.357 e. The maximum absolute atomic E-state index is 12.9. The van der Waals surface area contributed by atoms with Gasteiger partial charge in [-0.05, 0) is 43.4 Å². The molecule has 1 aromatic rings. The number of aliphatic imine (C=N–C) groups is 1. The van der Waals surface area contributed by atoms with Gasteiger partial charge >= 0.3 is 0 Å². The Bertz CT molecular complexity index is 578. The Morgan fingerprint density at radius 3 is 2.56 bits per heavy atom. The summed E-state index contributed by atoms with van der Waals surface area (Å²) < 4.78 is 12.9.